The van der Waals surface area contributed by atoms with Crippen LogP contribution in [0.4, 0.5) is 26.3 Å². The average Bonchev–Trinajstić information content (AvgIpc) is 3.02. The normalized spacial score (nSPS) is 13.1. The summed E-state index contributed by atoms with van der Waals surface area (Å²) in [7, 11) is -13.4. The third kappa shape index (κ3) is 10.1. The third-order valence-electron chi connectivity index (χ3n) is 3.03. The van der Waals surface area contributed by atoms with Crippen LogP contribution in [0.3, 0.4) is 0 Å². The van der Waals surface area contributed by atoms with Crippen molar-refractivity contribution < 1.29 is 57.6 Å². The molecule has 0 amide bonds. The van der Waals surface area contributed by atoms with E-state index in [1.807, 2.05) is 0 Å². The number of nitrogens with zero attached hydrogens (tertiary/aromatic N) is 3. The van der Waals surface area contributed by atoms with Gasteiger partial charge in [-0.05, 0) is 6.42 Å². The fourth-order valence-corrected chi connectivity index (χ4v) is 3.30. The van der Waals surface area contributed by atoms with Crippen LogP contribution in [-0.2, 0) is 37.9 Å². The number of sulfonamides is 2. The van der Waals surface area contributed by atoms with Crippen molar-refractivity contribution in [2.24, 2.45) is 0 Å². The third-order valence-corrected chi connectivity index (χ3v) is 5.77. The van der Waals surface area contributed by atoms with Crippen LogP contribution in [-0.4, -0.2) is 57.3 Å². The van der Waals surface area contributed by atoms with Gasteiger partial charge in [0, 0.05) is 0 Å². The minimum Gasteiger partial charge on any atom is -0.421 e. The Morgan fingerprint density at radius 3 is 2.00 bits per heavy atom. The smallest absolute Gasteiger partial charge is 0.421 e. The molecule has 9 nitrogen and oxygen atoms in total. The largest absolute Gasteiger partial charge is 0.480 e. The molecule has 1 rings (SSSR count). The van der Waals surface area contributed by atoms with Crippen molar-refractivity contribution in [3.8, 4) is 0 Å². The summed E-state index contributed by atoms with van der Waals surface area (Å²) >= 11 is 0. The van der Waals surface area contributed by atoms with Crippen LogP contribution in [0.25, 0.3) is 4.13 Å². The van der Waals surface area contributed by atoms with Crippen LogP contribution in [0.15, 0.2) is 18.7 Å². The summed E-state index contributed by atoms with van der Waals surface area (Å²) in [6.07, 6.45) is 8.67. The molecule has 0 unspecified atom stereocenters. The number of aryl methyl sites for hydroxylation is 1. The molecule has 0 spiro atoms. The molecule has 1 aromatic heterocycles. The van der Waals surface area contributed by atoms with Crippen LogP contribution in [0.2, 0.25) is 0 Å². The second-order valence-corrected chi connectivity index (χ2v) is 8.92. The number of hydrogen-bond acceptors (Lipinski definition) is 6. The van der Waals surface area contributed by atoms with E-state index >= 15 is 0 Å². The molecule has 178 valence electrons. The summed E-state index contributed by atoms with van der Waals surface area (Å²) in [5.74, 6) is 0. The molecule has 0 aromatic carbocycles. The number of aromatic nitrogens is 2. The Morgan fingerprint density at radius 1 is 1.03 bits per heavy atom. The predicted octanol–water partition coefficient (Wildman–Crippen LogP) is 1.64. The van der Waals surface area contributed by atoms with Gasteiger partial charge in [0.25, 0.3) is 0 Å². The second-order valence-electron chi connectivity index (χ2n) is 5.49. The van der Waals surface area contributed by atoms with E-state index in [1.165, 1.54) is 12.8 Å². The minimum atomic E-state index is -6.72. The molecule has 0 aliphatic carbocycles. The maximum Gasteiger partial charge on any atom is 0.480 e. The summed E-state index contributed by atoms with van der Waals surface area (Å²) < 4.78 is 119. The van der Waals surface area contributed by atoms with Crippen LogP contribution in [0, 0.1) is 0 Å². The summed E-state index contributed by atoms with van der Waals surface area (Å²) in [5, 5.41) is 8.53. The van der Waals surface area contributed by atoms with Crippen LogP contribution in [0.1, 0.15) is 19.8 Å². The van der Waals surface area contributed by atoms with Crippen molar-refractivity contribution in [3.05, 3.63) is 22.8 Å². The van der Waals surface area contributed by atoms with Gasteiger partial charge in [-0.25, -0.2) is 26.0 Å². The second kappa shape index (κ2) is 11.8. The van der Waals surface area contributed by atoms with Gasteiger partial charge in [0.2, 0.25) is 6.33 Å². The molecule has 1 N–H and O–H groups in total. The fourth-order valence-electron chi connectivity index (χ4n) is 1.59. The molecule has 1 aromatic rings. The Labute approximate surface area is 169 Å². The number of alkyl halides is 6. The summed E-state index contributed by atoms with van der Waals surface area (Å²) in [6, 6.07) is 0. The Hall–Kier alpha value is -1.43. The van der Waals surface area contributed by atoms with Gasteiger partial charge in [0.15, 0.2) is 20.0 Å². The molecule has 1 heterocycles. The van der Waals surface area contributed by atoms with Crippen molar-refractivity contribution >= 4 is 20.0 Å². The van der Waals surface area contributed by atoms with E-state index in [-0.39, 0.29) is 6.61 Å². The molecular weight excluding hydrogens is 472 g/mol. The summed E-state index contributed by atoms with van der Waals surface area (Å²) in [4.78, 5) is 0. The Bertz CT molecular complexity index is 794. The minimum absolute atomic E-state index is 0.0994. The number of rotatable bonds is 10. The monoisotopic (exact) mass is 493 g/mol. The van der Waals surface area contributed by atoms with Crippen molar-refractivity contribution in [3.63, 3.8) is 0 Å². The maximum absolute atomic E-state index is 11.4. The van der Waals surface area contributed by atoms with Gasteiger partial charge in [-0.15, -0.1) is 0 Å². The average molecular weight is 493 g/mol. The van der Waals surface area contributed by atoms with E-state index in [0.717, 1.165) is 17.2 Å². The van der Waals surface area contributed by atoms with Gasteiger partial charge in [-0.1, -0.05) is 13.3 Å². The number of hydrogen-bond donors (Lipinski definition) is 1. The van der Waals surface area contributed by atoms with Crippen molar-refractivity contribution in [1.82, 2.24) is 4.57 Å². The van der Waals surface area contributed by atoms with Gasteiger partial charge in [-0.3, -0.25) is 0 Å². The SMILES string of the molecule is CCCC[n+]1ccn(CCOCCO)c1.O=S(=O)([N-]S(=O)(=O)C(F)(F)F)C(F)(F)F. The zero-order chi connectivity index (χ0) is 23.6. The first-order chi connectivity index (χ1) is 13.6. The van der Waals surface area contributed by atoms with Crippen molar-refractivity contribution in [2.75, 3.05) is 19.8 Å². The molecule has 0 radical (unpaired) electrons. The zero-order valence-corrected chi connectivity index (χ0v) is 17.2. The Morgan fingerprint density at radius 2 is 1.57 bits per heavy atom. The van der Waals surface area contributed by atoms with E-state index in [1.54, 1.807) is 0 Å². The number of aliphatic hydroxyl groups excluding tert-OH is 1. The number of halogens is 6. The topological polar surface area (TPSA) is 121 Å². The lowest BCUT2D eigenvalue weighted by molar-refractivity contribution is -0.696. The molecule has 0 aliphatic rings. The summed E-state index contributed by atoms with van der Waals surface area (Å²) in [5.41, 5.74) is -12.4. The molecule has 0 bridgehead atoms. The van der Waals surface area contributed by atoms with Gasteiger partial charge in [0.05, 0.1) is 26.4 Å². The van der Waals surface area contributed by atoms with Crippen LogP contribution in [0.5, 0.6) is 0 Å². The Balaban J connectivity index is 0.000000561. The number of aliphatic hydroxyl groups is 1. The van der Waals surface area contributed by atoms with Crippen LogP contribution >= 0.6 is 0 Å². The van der Waals surface area contributed by atoms with Crippen molar-refractivity contribution in [1.29, 1.82) is 0 Å². The molecule has 0 fully saturated rings. The number of ether oxygens (including phenoxy) is 1. The van der Waals surface area contributed by atoms with E-state index in [2.05, 4.69) is 34.8 Å². The zero-order valence-electron chi connectivity index (χ0n) is 15.6. The highest BCUT2D eigenvalue weighted by atomic mass is 32.3. The van der Waals surface area contributed by atoms with Gasteiger partial charge in [-0.2, -0.15) is 26.3 Å². The molecule has 17 heteroatoms. The lowest BCUT2D eigenvalue weighted by Crippen LogP contribution is -2.30. The maximum atomic E-state index is 11.4. The highest BCUT2D eigenvalue weighted by molar-refractivity contribution is 8.13. The molecule has 0 saturated carbocycles. The molecule has 0 aliphatic heterocycles. The lowest BCUT2D eigenvalue weighted by atomic mass is 10.3. The van der Waals surface area contributed by atoms with Gasteiger partial charge >= 0.3 is 11.0 Å². The standard InChI is InChI=1S/C11H21N2O2.C2F6NO4S2/c1-2-3-4-12-5-6-13(11-12)7-9-15-10-8-14;3-1(4,5)14(10,11)9-15(12,13)2(6,7)8/h5-6,11,14H,2-4,7-10H2,1H3;/q+1;-1. The fraction of sp³-hybridized carbons (Fsp3) is 0.769. The molecule has 0 atom stereocenters. The number of imidazole rings is 1. The first-order valence-corrected chi connectivity index (χ1v) is 11.1. The van der Waals surface area contributed by atoms with Crippen LogP contribution < -0.4 is 4.57 Å². The van der Waals surface area contributed by atoms with E-state index in [4.69, 9.17) is 9.84 Å². The van der Waals surface area contributed by atoms with E-state index in [9.17, 15) is 43.2 Å². The van der Waals surface area contributed by atoms with Gasteiger partial charge in [0.1, 0.15) is 18.9 Å². The highest BCUT2D eigenvalue weighted by Crippen LogP contribution is 2.36. The van der Waals surface area contributed by atoms with E-state index < -0.39 is 31.1 Å². The number of unbranched alkanes of at least 4 members (excludes halogenated alkanes) is 1. The predicted molar refractivity (Wildman–Crippen MR) is 90.7 cm³/mol. The molecule has 30 heavy (non-hydrogen) atoms. The molecular formula is C13H21F6N3O6S2. The first-order valence-electron chi connectivity index (χ1n) is 8.17. The quantitative estimate of drug-likeness (QED) is 0.301. The summed E-state index contributed by atoms with van der Waals surface area (Å²) in [6.45, 7) is 5.31. The Kier molecular flexibility index (Phi) is 11.3. The van der Waals surface area contributed by atoms with E-state index in [0.29, 0.717) is 13.2 Å². The highest BCUT2D eigenvalue weighted by Gasteiger charge is 2.46. The van der Waals surface area contributed by atoms with Crippen molar-refractivity contribution in [2.45, 2.75) is 43.9 Å². The van der Waals surface area contributed by atoms with Gasteiger partial charge < -0.3 is 14.0 Å². The molecule has 0 saturated heterocycles. The lowest BCUT2D eigenvalue weighted by Gasteiger charge is -2.22. The first kappa shape index (κ1) is 28.6.